The van der Waals surface area contributed by atoms with Gasteiger partial charge in [0.15, 0.2) is 0 Å². The molecule has 0 radical (unpaired) electrons. The fourth-order valence-electron chi connectivity index (χ4n) is 2.25. The molecule has 0 saturated heterocycles. The number of aliphatic carboxylic acids is 2. The van der Waals surface area contributed by atoms with Gasteiger partial charge in [-0.1, -0.05) is 48.5 Å². The van der Waals surface area contributed by atoms with E-state index in [1.165, 1.54) is 0 Å². The first-order chi connectivity index (χ1) is 14.4. The van der Waals surface area contributed by atoms with E-state index in [2.05, 4.69) is 0 Å². The molecule has 8 heteroatoms. The summed E-state index contributed by atoms with van der Waals surface area (Å²) in [6, 6.07) is 16.0. The molecule has 0 spiro atoms. The highest BCUT2D eigenvalue weighted by atomic mass is 16.4. The van der Waals surface area contributed by atoms with Crippen molar-refractivity contribution in [3.8, 4) is 0 Å². The first kappa shape index (κ1) is 27.2. The number of nitrogens with two attached hydrogens (primary N) is 4. The standard InChI is InChI=1S/2C8H12N2.C6H10O4/c9-5-7-1-2-8(6-10)4-3-7;9-5-7-2-1-3-8(4-7)6-10;7-5(8)3-1-2-4-6(9)10/h2*1-4H,5-6,9-10H2;1-4H2,(H,7,8)(H,9,10). The van der Waals surface area contributed by atoms with Crippen LogP contribution in [0.3, 0.4) is 0 Å². The zero-order valence-corrected chi connectivity index (χ0v) is 17.3. The summed E-state index contributed by atoms with van der Waals surface area (Å²) in [5, 5.41) is 16.3. The van der Waals surface area contributed by atoms with E-state index in [9.17, 15) is 9.59 Å². The van der Waals surface area contributed by atoms with Gasteiger partial charge >= 0.3 is 11.9 Å². The van der Waals surface area contributed by atoms with Crippen molar-refractivity contribution in [3.05, 3.63) is 70.8 Å². The van der Waals surface area contributed by atoms with Crippen molar-refractivity contribution in [1.82, 2.24) is 0 Å². The Balaban J connectivity index is 0.000000420. The topological polar surface area (TPSA) is 179 Å². The van der Waals surface area contributed by atoms with E-state index < -0.39 is 11.9 Å². The minimum atomic E-state index is -0.870. The average molecular weight is 419 g/mol. The molecule has 10 N–H and O–H groups in total. The summed E-state index contributed by atoms with van der Waals surface area (Å²) in [4.78, 5) is 19.8. The van der Waals surface area contributed by atoms with Crippen LogP contribution in [0.5, 0.6) is 0 Å². The molecule has 2 aromatic carbocycles. The van der Waals surface area contributed by atoms with Gasteiger partial charge in [0, 0.05) is 39.0 Å². The van der Waals surface area contributed by atoms with Crippen LogP contribution in [0, 0.1) is 0 Å². The van der Waals surface area contributed by atoms with E-state index in [1.54, 1.807) is 0 Å². The SMILES string of the molecule is NCc1ccc(CN)cc1.NCc1cccc(CN)c1.O=C(O)CCCCC(=O)O. The molecule has 2 rings (SSSR count). The molecular weight excluding hydrogens is 384 g/mol. The van der Waals surface area contributed by atoms with Gasteiger partial charge in [-0.15, -0.1) is 0 Å². The van der Waals surface area contributed by atoms with Crippen LogP contribution < -0.4 is 22.9 Å². The number of carboxylic acid groups (broad SMARTS) is 2. The summed E-state index contributed by atoms with van der Waals surface area (Å²) in [6.07, 6.45) is 1.02. The van der Waals surface area contributed by atoms with Crippen molar-refractivity contribution >= 4 is 11.9 Å². The Bertz CT molecular complexity index is 678. The van der Waals surface area contributed by atoms with Crippen LogP contribution in [-0.2, 0) is 35.8 Å². The Morgan fingerprint density at radius 3 is 1.20 bits per heavy atom. The van der Waals surface area contributed by atoms with Crippen LogP contribution >= 0.6 is 0 Å². The van der Waals surface area contributed by atoms with Gasteiger partial charge in [0.1, 0.15) is 0 Å². The molecule has 0 heterocycles. The zero-order valence-electron chi connectivity index (χ0n) is 17.3. The number of hydrogen-bond donors (Lipinski definition) is 6. The predicted octanol–water partition coefficient (Wildman–Crippen LogP) is 1.92. The van der Waals surface area contributed by atoms with Gasteiger partial charge in [-0.3, -0.25) is 9.59 Å². The Labute approximate surface area is 177 Å². The lowest BCUT2D eigenvalue weighted by molar-refractivity contribution is -0.139. The molecule has 0 aliphatic carbocycles. The van der Waals surface area contributed by atoms with E-state index in [-0.39, 0.29) is 12.8 Å². The highest BCUT2D eigenvalue weighted by Crippen LogP contribution is 2.03. The van der Waals surface area contributed by atoms with E-state index in [1.807, 2.05) is 48.5 Å². The molecule has 0 saturated carbocycles. The molecule has 30 heavy (non-hydrogen) atoms. The first-order valence-corrected chi connectivity index (χ1v) is 9.75. The molecule has 166 valence electrons. The lowest BCUT2D eigenvalue weighted by atomic mass is 10.1. The summed E-state index contributed by atoms with van der Waals surface area (Å²) in [5.74, 6) is -1.74. The highest BCUT2D eigenvalue weighted by Gasteiger charge is 1.99. The quantitative estimate of drug-likeness (QED) is 0.334. The van der Waals surface area contributed by atoms with Gasteiger partial charge in [-0.25, -0.2) is 0 Å². The van der Waals surface area contributed by atoms with Crippen LogP contribution in [0.25, 0.3) is 0 Å². The van der Waals surface area contributed by atoms with Gasteiger partial charge in [-0.05, 0) is 35.1 Å². The lowest BCUT2D eigenvalue weighted by Crippen LogP contribution is -2.00. The summed E-state index contributed by atoms with van der Waals surface area (Å²) in [6.45, 7) is 2.39. The van der Waals surface area contributed by atoms with Crippen molar-refractivity contribution in [2.75, 3.05) is 0 Å². The third-order valence-electron chi connectivity index (χ3n) is 3.99. The normalized spacial score (nSPS) is 9.60. The second-order valence-electron chi connectivity index (χ2n) is 6.45. The molecule has 0 bridgehead atoms. The lowest BCUT2D eigenvalue weighted by Gasteiger charge is -1.98. The molecule has 0 atom stereocenters. The van der Waals surface area contributed by atoms with Crippen LogP contribution in [0.15, 0.2) is 48.5 Å². The second kappa shape index (κ2) is 17.1. The molecule has 0 aromatic heterocycles. The molecule has 8 nitrogen and oxygen atoms in total. The maximum atomic E-state index is 9.90. The molecule has 0 aliphatic rings. The van der Waals surface area contributed by atoms with E-state index in [0.717, 1.165) is 22.3 Å². The maximum Gasteiger partial charge on any atom is 0.303 e. The fraction of sp³-hybridized carbons (Fsp3) is 0.364. The third kappa shape index (κ3) is 14.3. The predicted molar refractivity (Wildman–Crippen MR) is 118 cm³/mol. The summed E-state index contributed by atoms with van der Waals surface area (Å²) in [7, 11) is 0. The van der Waals surface area contributed by atoms with Crippen molar-refractivity contribution in [1.29, 1.82) is 0 Å². The molecular formula is C22H34N4O4. The summed E-state index contributed by atoms with van der Waals surface area (Å²) < 4.78 is 0. The Kier molecular flexibility index (Phi) is 15.5. The van der Waals surface area contributed by atoms with Crippen molar-refractivity contribution in [2.24, 2.45) is 22.9 Å². The number of unbranched alkanes of at least 4 members (excludes halogenated alkanes) is 1. The largest absolute Gasteiger partial charge is 0.481 e. The minimum absolute atomic E-state index is 0.0628. The summed E-state index contributed by atoms with van der Waals surface area (Å²) in [5.41, 5.74) is 26.3. The smallest absolute Gasteiger partial charge is 0.303 e. The van der Waals surface area contributed by atoms with E-state index in [4.69, 9.17) is 33.1 Å². The van der Waals surface area contributed by atoms with Gasteiger partial charge in [0.05, 0.1) is 0 Å². The number of benzene rings is 2. The molecule has 2 aromatic rings. The Morgan fingerprint density at radius 1 is 0.600 bits per heavy atom. The number of carbonyl (C=O) groups is 2. The fourth-order valence-corrected chi connectivity index (χ4v) is 2.25. The molecule has 0 unspecified atom stereocenters. The molecule has 0 amide bonds. The average Bonchev–Trinajstić information content (AvgIpc) is 2.77. The van der Waals surface area contributed by atoms with Gasteiger partial charge in [-0.2, -0.15) is 0 Å². The van der Waals surface area contributed by atoms with Crippen LogP contribution in [0.1, 0.15) is 47.9 Å². The van der Waals surface area contributed by atoms with Gasteiger partial charge < -0.3 is 33.1 Å². The Hall–Kier alpha value is -2.78. The van der Waals surface area contributed by atoms with E-state index in [0.29, 0.717) is 39.0 Å². The Morgan fingerprint density at radius 2 is 0.933 bits per heavy atom. The van der Waals surface area contributed by atoms with Crippen molar-refractivity contribution in [3.63, 3.8) is 0 Å². The molecule has 0 fully saturated rings. The molecule has 0 aliphatic heterocycles. The second-order valence-corrected chi connectivity index (χ2v) is 6.45. The van der Waals surface area contributed by atoms with Crippen molar-refractivity contribution < 1.29 is 19.8 Å². The third-order valence-corrected chi connectivity index (χ3v) is 3.99. The van der Waals surface area contributed by atoms with E-state index >= 15 is 0 Å². The van der Waals surface area contributed by atoms with Crippen molar-refractivity contribution in [2.45, 2.75) is 51.9 Å². The minimum Gasteiger partial charge on any atom is -0.481 e. The van der Waals surface area contributed by atoms with Gasteiger partial charge in [0.25, 0.3) is 0 Å². The van der Waals surface area contributed by atoms with Crippen LogP contribution in [0.4, 0.5) is 0 Å². The number of hydrogen-bond acceptors (Lipinski definition) is 6. The summed E-state index contributed by atoms with van der Waals surface area (Å²) >= 11 is 0. The zero-order chi connectivity index (χ0) is 22.8. The monoisotopic (exact) mass is 418 g/mol. The highest BCUT2D eigenvalue weighted by molar-refractivity contribution is 5.67. The number of rotatable bonds is 9. The van der Waals surface area contributed by atoms with Crippen LogP contribution in [0.2, 0.25) is 0 Å². The maximum absolute atomic E-state index is 9.90. The van der Waals surface area contributed by atoms with Crippen LogP contribution in [-0.4, -0.2) is 22.2 Å². The van der Waals surface area contributed by atoms with Gasteiger partial charge in [0.2, 0.25) is 0 Å². The number of carboxylic acids is 2. The first-order valence-electron chi connectivity index (χ1n) is 9.75.